The molecule has 42 heavy (non-hydrogen) atoms. The largest absolute Gasteiger partial charge is 0.482 e. The van der Waals surface area contributed by atoms with E-state index in [1.807, 2.05) is 67.6 Å². The molecule has 0 fully saturated rings. The van der Waals surface area contributed by atoms with E-state index in [0.29, 0.717) is 23.4 Å². The van der Waals surface area contributed by atoms with Crippen LogP contribution in [-0.2, 0) is 17.9 Å². The molecule has 0 aliphatic carbocycles. The highest BCUT2D eigenvalue weighted by Gasteiger charge is 2.15. The molecule has 212 valence electrons. The Balaban J connectivity index is 1.31. The van der Waals surface area contributed by atoms with Gasteiger partial charge in [-0.05, 0) is 78.1 Å². The molecule has 0 unspecified atom stereocenters. The van der Waals surface area contributed by atoms with Crippen LogP contribution in [0.1, 0.15) is 43.1 Å². The number of nitrogens with zero attached hydrogens (tertiary/aromatic N) is 1. The fraction of sp³-hybridized carbons (Fsp3) is 0.147. The van der Waals surface area contributed by atoms with Crippen molar-refractivity contribution in [3.63, 3.8) is 0 Å². The van der Waals surface area contributed by atoms with Crippen molar-refractivity contribution in [1.82, 2.24) is 9.88 Å². The number of benzene rings is 4. The number of fused-ring (bicyclic) bond motifs is 1. The van der Waals surface area contributed by atoms with Gasteiger partial charge in [0.15, 0.2) is 6.61 Å². The van der Waals surface area contributed by atoms with Crippen LogP contribution in [0.4, 0.5) is 0 Å². The summed E-state index contributed by atoms with van der Waals surface area (Å²) in [7, 11) is 0. The Bertz CT molecular complexity index is 1800. The lowest BCUT2D eigenvalue weighted by Crippen LogP contribution is -2.22. The standard InChI is InChI=1S/C34H30N2O6/c1-21-22(2)36(19-23-10-12-25(13-11-23)28-8-3-4-9-29(28)34(40)41)31-15-14-26(17-30(21)31)33(39)35-18-24-6-5-7-27(16-24)42-20-32(37)38/h3-17H,18-20H2,1-2H3,(H,35,39)(H,37,38)(H,40,41). The van der Waals surface area contributed by atoms with Crippen LogP contribution in [0.3, 0.4) is 0 Å². The quantitative estimate of drug-likeness (QED) is 0.190. The summed E-state index contributed by atoms with van der Waals surface area (Å²) in [4.78, 5) is 35.4. The smallest absolute Gasteiger partial charge is 0.341 e. The number of hydrogen-bond donors (Lipinski definition) is 3. The Morgan fingerprint density at radius 1 is 0.833 bits per heavy atom. The van der Waals surface area contributed by atoms with E-state index in [9.17, 15) is 19.5 Å². The highest BCUT2D eigenvalue weighted by atomic mass is 16.5. The van der Waals surface area contributed by atoms with Crippen LogP contribution in [0.2, 0.25) is 0 Å². The zero-order valence-corrected chi connectivity index (χ0v) is 23.3. The van der Waals surface area contributed by atoms with E-state index < -0.39 is 18.5 Å². The van der Waals surface area contributed by atoms with Gasteiger partial charge in [-0.2, -0.15) is 0 Å². The van der Waals surface area contributed by atoms with Crippen molar-refractivity contribution < 1.29 is 29.3 Å². The van der Waals surface area contributed by atoms with Crippen LogP contribution in [-0.4, -0.2) is 39.2 Å². The van der Waals surface area contributed by atoms with Crippen molar-refractivity contribution in [2.75, 3.05) is 6.61 Å². The minimum atomic E-state index is -1.06. The van der Waals surface area contributed by atoms with E-state index in [1.54, 1.807) is 30.3 Å². The number of carbonyl (C=O) groups is 3. The Labute approximate surface area is 242 Å². The first-order valence-electron chi connectivity index (χ1n) is 13.4. The number of amides is 1. The lowest BCUT2D eigenvalue weighted by molar-refractivity contribution is -0.139. The summed E-state index contributed by atoms with van der Waals surface area (Å²) in [5.74, 6) is -1.79. The second kappa shape index (κ2) is 12.0. The first kappa shape index (κ1) is 28.2. The topological polar surface area (TPSA) is 118 Å². The van der Waals surface area contributed by atoms with Crippen molar-refractivity contribution in [3.8, 4) is 16.9 Å². The lowest BCUT2D eigenvalue weighted by Gasteiger charge is -2.11. The lowest BCUT2D eigenvalue weighted by atomic mass is 9.99. The van der Waals surface area contributed by atoms with Gasteiger partial charge in [0.1, 0.15) is 5.75 Å². The van der Waals surface area contributed by atoms with Gasteiger partial charge < -0.3 is 24.8 Å². The van der Waals surface area contributed by atoms with Crippen molar-refractivity contribution in [2.24, 2.45) is 0 Å². The molecule has 5 aromatic rings. The van der Waals surface area contributed by atoms with Gasteiger partial charge >= 0.3 is 11.9 Å². The highest BCUT2D eigenvalue weighted by molar-refractivity contribution is 5.99. The molecule has 1 heterocycles. The molecule has 1 aromatic heterocycles. The maximum atomic E-state index is 13.0. The number of ether oxygens (including phenoxy) is 1. The summed E-state index contributed by atoms with van der Waals surface area (Å²) < 4.78 is 7.44. The molecule has 0 bridgehead atoms. The fourth-order valence-corrected chi connectivity index (χ4v) is 5.06. The maximum Gasteiger partial charge on any atom is 0.341 e. The van der Waals surface area contributed by atoms with Crippen LogP contribution < -0.4 is 10.1 Å². The van der Waals surface area contributed by atoms with Crippen molar-refractivity contribution in [1.29, 1.82) is 0 Å². The fourth-order valence-electron chi connectivity index (χ4n) is 5.06. The molecule has 8 nitrogen and oxygen atoms in total. The predicted molar refractivity (Wildman–Crippen MR) is 160 cm³/mol. The third kappa shape index (κ3) is 6.02. The second-order valence-corrected chi connectivity index (χ2v) is 10.1. The molecule has 4 aromatic carbocycles. The molecule has 8 heteroatoms. The number of aromatic nitrogens is 1. The summed E-state index contributed by atoms with van der Waals surface area (Å²) in [6.07, 6.45) is 0. The van der Waals surface area contributed by atoms with Gasteiger partial charge in [0.2, 0.25) is 0 Å². The number of aryl methyl sites for hydroxylation is 1. The van der Waals surface area contributed by atoms with Crippen LogP contribution in [0.25, 0.3) is 22.0 Å². The molecule has 3 N–H and O–H groups in total. The number of nitrogens with one attached hydrogen (secondary N) is 1. The third-order valence-corrected chi connectivity index (χ3v) is 7.38. The van der Waals surface area contributed by atoms with Gasteiger partial charge in [0.05, 0.1) is 5.56 Å². The minimum absolute atomic E-state index is 0.212. The number of rotatable bonds is 10. The van der Waals surface area contributed by atoms with Crippen molar-refractivity contribution in [2.45, 2.75) is 26.9 Å². The van der Waals surface area contributed by atoms with Crippen LogP contribution in [0.15, 0.2) is 91.0 Å². The Morgan fingerprint density at radius 2 is 1.60 bits per heavy atom. The van der Waals surface area contributed by atoms with Gasteiger partial charge in [-0.15, -0.1) is 0 Å². The van der Waals surface area contributed by atoms with Crippen LogP contribution in [0.5, 0.6) is 5.75 Å². The Morgan fingerprint density at radius 3 is 2.33 bits per heavy atom. The molecule has 0 aliphatic heterocycles. The van der Waals surface area contributed by atoms with Gasteiger partial charge in [0, 0.05) is 35.2 Å². The highest BCUT2D eigenvalue weighted by Crippen LogP contribution is 2.29. The Kier molecular flexibility index (Phi) is 8.06. The van der Waals surface area contributed by atoms with E-state index >= 15 is 0 Å². The molecule has 0 radical (unpaired) electrons. The van der Waals surface area contributed by atoms with Crippen LogP contribution >= 0.6 is 0 Å². The van der Waals surface area contributed by atoms with E-state index in [-0.39, 0.29) is 18.0 Å². The normalized spacial score (nSPS) is 10.9. The number of carbonyl (C=O) groups excluding carboxylic acids is 1. The number of hydrogen-bond acceptors (Lipinski definition) is 4. The average molecular weight is 563 g/mol. The zero-order chi connectivity index (χ0) is 29.8. The molecule has 0 saturated heterocycles. The summed E-state index contributed by atoms with van der Waals surface area (Å²) in [6.45, 7) is 4.58. The van der Waals surface area contributed by atoms with E-state index in [1.165, 1.54) is 0 Å². The second-order valence-electron chi connectivity index (χ2n) is 10.1. The zero-order valence-electron chi connectivity index (χ0n) is 23.3. The molecule has 5 rings (SSSR count). The molecular weight excluding hydrogens is 532 g/mol. The first-order valence-corrected chi connectivity index (χ1v) is 13.4. The van der Waals surface area contributed by atoms with E-state index in [4.69, 9.17) is 9.84 Å². The third-order valence-electron chi connectivity index (χ3n) is 7.38. The van der Waals surface area contributed by atoms with Gasteiger partial charge in [-0.3, -0.25) is 4.79 Å². The van der Waals surface area contributed by atoms with Gasteiger partial charge in [-0.25, -0.2) is 9.59 Å². The van der Waals surface area contributed by atoms with E-state index in [2.05, 4.69) is 16.8 Å². The molecular formula is C34H30N2O6. The summed E-state index contributed by atoms with van der Waals surface area (Å²) >= 11 is 0. The summed E-state index contributed by atoms with van der Waals surface area (Å²) in [5.41, 5.74) is 7.41. The molecule has 0 aliphatic rings. The van der Waals surface area contributed by atoms with Gasteiger partial charge in [0.25, 0.3) is 5.91 Å². The number of aromatic carboxylic acids is 1. The minimum Gasteiger partial charge on any atom is -0.482 e. The first-order chi connectivity index (χ1) is 20.2. The predicted octanol–water partition coefficient (Wildman–Crippen LogP) is 6.07. The maximum absolute atomic E-state index is 13.0. The average Bonchev–Trinajstić information content (AvgIpc) is 3.23. The number of carboxylic acid groups (broad SMARTS) is 2. The van der Waals surface area contributed by atoms with E-state index in [0.717, 1.165) is 38.9 Å². The molecule has 1 amide bonds. The van der Waals surface area contributed by atoms with Crippen molar-refractivity contribution >= 4 is 28.7 Å². The van der Waals surface area contributed by atoms with Crippen molar-refractivity contribution in [3.05, 3.63) is 125 Å². The summed E-state index contributed by atoms with van der Waals surface area (Å²) in [6, 6.07) is 27.5. The Hall–Kier alpha value is -5.37. The number of carboxylic acids is 2. The number of aliphatic carboxylic acids is 1. The molecule has 0 atom stereocenters. The van der Waals surface area contributed by atoms with Crippen LogP contribution in [0, 0.1) is 13.8 Å². The summed E-state index contributed by atoms with van der Waals surface area (Å²) in [5, 5.41) is 22.3. The van der Waals surface area contributed by atoms with Gasteiger partial charge in [-0.1, -0.05) is 54.6 Å². The molecule has 0 saturated carbocycles. The molecule has 0 spiro atoms. The SMILES string of the molecule is Cc1c(C)n(Cc2ccc(-c3ccccc3C(=O)O)cc2)c2ccc(C(=O)NCc3cccc(OCC(=O)O)c3)cc12. The monoisotopic (exact) mass is 562 g/mol.